The van der Waals surface area contributed by atoms with Gasteiger partial charge in [-0.25, -0.2) is 4.79 Å². The Morgan fingerprint density at radius 1 is 1.28 bits per heavy atom. The van der Waals surface area contributed by atoms with Crippen LogP contribution in [0.1, 0.15) is 44.1 Å². The number of aromatic nitrogens is 2. The predicted octanol–water partition coefficient (Wildman–Crippen LogP) is 0.836. The van der Waals surface area contributed by atoms with Crippen LogP contribution in [0.2, 0.25) is 0 Å². The molecule has 3 aliphatic rings. The fourth-order valence-corrected chi connectivity index (χ4v) is 3.98. The van der Waals surface area contributed by atoms with Gasteiger partial charge in [-0.2, -0.15) is 5.10 Å². The molecule has 4 amide bonds. The van der Waals surface area contributed by atoms with Crippen molar-refractivity contribution in [1.82, 2.24) is 25.3 Å². The van der Waals surface area contributed by atoms with E-state index >= 15 is 0 Å². The summed E-state index contributed by atoms with van der Waals surface area (Å²) in [5.74, 6) is 0.184. The first-order chi connectivity index (χ1) is 12.0. The maximum absolute atomic E-state index is 12.6. The Labute approximate surface area is 145 Å². The molecule has 0 bridgehead atoms. The van der Waals surface area contributed by atoms with Crippen molar-refractivity contribution in [3.63, 3.8) is 0 Å². The number of H-pyrrole nitrogens is 1. The van der Waals surface area contributed by atoms with E-state index in [1.54, 1.807) is 11.8 Å². The van der Waals surface area contributed by atoms with E-state index in [9.17, 15) is 14.4 Å². The number of carbonyl (C=O) groups excluding carboxylic acids is 3. The van der Waals surface area contributed by atoms with Crippen molar-refractivity contribution in [3.05, 3.63) is 18.0 Å². The summed E-state index contributed by atoms with van der Waals surface area (Å²) >= 11 is 0. The Morgan fingerprint density at radius 3 is 2.60 bits per heavy atom. The summed E-state index contributed by atoms with van der Waals surface area (Å²) < 4.78 is 0. The molecule has 1 aromatic heterocycles. The highest BCUT2D eigenvalue weighted by Gasteiger charge is 2.56. The van der Waals surface area contributed by atoms with E-state index in [-0.39, 0.29) is 24.3 Å². The number of nitrogens with zero attached hydrogens (tertiary/aromatic N) is 3. The minimum Gasteiger partial charge on any atom is -0.341 e. The third-order valence-corrected chi connectivity index (χ3v) is 5.83. The second-order valence-corrected chi connectivity index (χ2v) is 7.48. The quantitative estimate of drug-likeness (QED) is 0.790. The summed E-state index contributed by atoms with van der Waals surface area (Å²) in [5.41, 5.74) is 0.340. The second-order valence-electron chi connectivity index (χ2n) is 7.48. The Hall–Kier alpha value is -2.38. The molecule has 25 heavy (non-hydrogen) atoms. The number of amides is 4. The fraction of sp³-hybridized carbons (Fsp3) is 0.647. The third-order valence-electron chi connectivity index (χ3n) is 5.83. The van der Waals surface area contributed by atoms with Crippen LogP contribution in [0.15, 0.2) is 12.4 Å². The third kappa shape index (κ3) is 2.79. The van der Waals surface area contributed by atoms with Crippen molar-refractivity contribution in [2.45, 2.75) is 44.1 Å². The largest absolute Gasteiger partial charge is 0.341 e. The molecule has 2 saturated heterocycles. The van der Waals surface area contributed by atoms with Gasteiger partial charge in [-0.1, -0.05) is 0 Å². The van der Waals surface area contributed by atoms with Gasteiger partial charge in [-0.15, -0.1) is 0 Å². The molecule has 8 nitrogen and oxygen atoms in total. The zero-order chi connectivity index (χ0) is 17.6. The van der Waals surface area contributed by atoms with Gasteiger partial charge in [0.2, 0.25) is 5.91 Å². The molecular weight excluding hydrogens is 322 g/mol. The molecule has 0 radical (unpaired) electrons. The van der Waals surface area contributed by atoms with E-state index in [4.69, 9.17) is 0 Å². The van der Waals surface area contributed by atoms with Crippen LogP contribution in [-0.4, -0.2) is 63.0 Å². The molecule has 1 saturated carbocycles. The topological polar surface area (TPSA) is 98.4 Å². The van der Waals surface area contributed by atoms with E-state index in [1.807, 2.05) is 12.4 Å². The normalized spacial score (nSPS) is 27.7. The number of likely N-dealkylation sites (tertiary alicyclic amines) is 1. The van der Waals surface area contributed by atoms with Gasteiger partial charge in [0.1, 0.15) is 12.1 Å². The highest BCUT2D eigenvalue weighted by molar-refractivity contribution is 6.09. The van der Waals surface area contributed by atoms with Crippen LogP contribution in [0.3, 0.4) is 0 Å². The minimum atomic E-state index is -0.828. The summed E-state index contributed by atoms with van der Waals surface area (Å²) in [6, 6.07) is -0.443. The van der Waals surface area contributed by atoms with Crippen molar-refractivity contribution in [2.24, 2.45) is 5.92 Å². The molecular formula is C17H23N5O3. The van der Waals surface area contributed by atoms with Crippen LogP contribution in [0.5, 0.6) is 0 Å². The molecule has 1 aromatic rings. The predicted molar refractivity (Wildman–Crippen MR) is 88.5 cm³/mol. The monoisotopic (exact) mass is 345 g/mol. The van der Waals surface area contributed by atoms with Crippen LogP contribution in [0.4, 0.5) is 4.79 Å². The lowest BCUT2D eigenvalue weighted by molar-refractivity contribution is -0.139. The number of imide groups is 1. The van der Waals surface area contributed by atoms with Crippen LogP contribution < -0.4 is 5.32 Å². The Balaban J connectivity index is 1.35. The molecule has 8 heteroatoms. The average molecular weight is 345 g/mol. The number of urea groups is 1. The van der Waals surface area contributed by atoms with Crippen LogP contribution in [0, 0.1) is 5.92 Å². The van der Waals surface area contributed by atoms with E-state index in [0.717, 1.165) is 30.6 Å². The minimum absolute atomic E-state index is 0.158. The Morgan fingerprint density at radius 2 is 2.00 bits per heavy atom. The molecule has 0 spiro atoms. The first kappa shape index (κ1) is 16.1. The fourth-order valence-electron chi connectivity index (χ4n) is 3.98. The molecule has 1 aliphatic carbocycles. The van der Waals surface area contributed by atoms with Crippen molar-refractivity contribution in [2.75, 3.05) is 19.6 Å². The standard InChI is InChI=1S/C17H23N5O3/c1-17(13-2-3-13)15(24)22(16(25)20-17)10-14(23)21-6-4-11(5-7-21)12-8-18-19-9-12/h8-9,11,13H,2-7,10H2,1H3,(H,18,19)(H,20,25). The van der Waals surface area contributed by atoms with Gasteiger partial charge in [-0.05, 0) is 50.0 Å². The molecule has 3 heterocycles. The highest BCUT2D eigenvalue weighted by atomic mass is 16.2. The van der Waals surface area contributed by atoms with Gasteiger partial charge in [0.05, 0.1) is 6.20 Å². The van der Waals surface area contributed by atoms with Gasteiger partial charge in [-0.3, -0.25) is 19.6 Å². The SMILES string of the molecule is CC1(C2CC2)NC(=O)N(CC(=O)N2CCC(c3cn[nH]c3)CC2)C1=O. The van der Waals surface area contributed by atoms with Crippen LogP contribution in [-0.2, 0) is 9.59 Å². The highest BCUT2D eigenvalue weighted by Crippen LogP contribution is 2.42. The van der Waals surface area contributed by atoms with E-state index in [1.165, 1.54) is 5.56 Å². The number of aromatic amines is 1. The van der Waals surface area contributed by atoms with Gasteiger partial charge in [0, 0.05) is 19.3 Å². The number of hydrogen-bond donors (Lipinski definition) is 2. The van der Waals surface area contributed by atoms with E-state index < -0.39 is 11.6 Å². The molecule has 0 aromatic carbocycles. The first-order valence-corrected chi connectivity index (χ1v) is 8.89. The lowest BCUT2D eigenvalue weighted by atomic mass is 9.91. The lowest BCUT2D eigenvalue weighted by Crippen LogP contribution is -2.48. The van der Waals surface area contributed by atoms with Crippen molar-refractivity contribution >= 4 is 17.8 Å². The number of piperidine rings is 1. The van der Waals surface area contributed by atoms with Gasteiger partial charge in [0.15, 0.2) is 0 Å². The van der Waals surface area contributed by atoms with E-state index in [0.29, 0.717) is 19.0 Å². The van der Waals surface area contributed by atoms with Gasteiger partial charge in [0.25, 0.3) is 5.91 Å². The number of rotatable bonds is 4. The molecule has 3 fully saturated rings. The second kappa shape index (κ2) is 5.86. The van der Waals surface area contributed by atoms with E-state index in [2.05, 4.69) is 15.5 Å². The summed E-state index contributed by atoms with van der Waals surface area (Å²) in [6.45, 7) is 2.88. The molecule has 1 unspecified atom stereocenters. The van der Waals surface area contributed by atoms with Crippen molar-refractivity contribution in [3.8, 4) is 0 Å². The molecule has 1 atom stereocenters. The first-order valence-electron chi connectivity index (χ1n) is 8.89. The number of hydrogen-bond acceptors (Lipinski definition) is 4. The summed E-state index contributed by atoms with van der Waals surface area (Å²) in [7, 11) is 0. The Kier molecular flexibility index (Phi) is 3.77. The molecule has 2 aliphatic heterocycles. The van der Waals surface area contributed by atoms with Crippen LogP contribution in [0.25, 0.3) is 0 Å². The summed E-state index contributed by atoms with van der Waals surface area (Å²) in [5, 5.41) is 9.58. The molecule has 134 valence electrons. The van der Waals surface area contributed by atoms with Crippen molar-refractivity contribution < 1.29 is 14.4 Å². The number of nitrogens with one attached hydrogen (secondary N) is 2. The lowest BCUT2D eigenvalue weighted by Gasteiger charge is -2.32. The molecule has 4 rings (SSSR count). The van der Waals surface area contributed by atoms with Gasteiger partial charge < -0.3 is 10.2 Å². The summed E-state index contributed by atoms with van der Waals surface area (Å²) in [4.78, 5) is 40.2. The zero-order valence-electron chi connectivity index (χ0n) is 14.3. The maximum Gasteiger partial charge on any atom is 0.325 e. The maximum atomic E-state index is 12.6. The van der Waals surface area contributed by atoms with Crippen LogP contribution >= 0.6 is 0 Å². The number of carbonyl (C=O) groups is 3. The Bertz CT molecular complexity index is 691. The molecule has 2 N–H and O–H groups in total. The zero-order valence-corrected chi connectivity index (χ0v) is 14.3. The smallest absolute Gasteiger partial charge is 0.325 e. The average Bonchev–Trinajstić information content (AvgIpc) is 3.29. The van der Waals surface area contributed by atoms with Gasteiger partial charge >= 0.3 is 6.03 Å². The van der Waals surface area contributed by atoms with Crippen molar-refractivity contribution in [1.29, 1.82) is 0 Å². The summed E-state index contributed by atoms with van der Waals surface area (Å²) in [6.07, 6.45) is 7.36.